The fraction of sp³-hybridized carbons (Fsp3) is 0.571. The van der Waals surface area contributed by atoms with E-state index in [4.69, 9.17) is 5.11 Å². The van der Waals surface area contributed by atoms with Crippen LogP contribution in [0.25, 0.3) is 0 Å². The van der Waals surface area contributed by atoms with Gasteiger partial charge >= 0.3 is 6.36 Å². The van der Waals surface area contributed by atoms with Crippen molar-refractivity contribution in [1.29, 1.82) is 0 Å². The molecular weight excluding hydrogens is 359 g/mol. The van der Waals surface area contributed by atoms with E-state index < -0.39 is 30.7 Å². The first-order chi connectivity index (χ1) is 10.7. The smallest absolute Gasteiger partial charge is 0.406 e. The van der Waals surface area contributed by atoms with Crippen molar-refractivity contribution in [2.24, 2.45) is 0 Å². The summed E-state index contributed by atoms with van der Waals surface area (Å²) in [6.45, 7) is 0.161. The molecule has 0 aromatic heterocycles. The van der Waals surface area contributed by atoms with Gasteiger partial charge in [-0.2, -0.15) is 0 Å². The standard InChI is InChI=1S/C14H17F5N2O2.ClH/c15-13(16,9-22)12(21-6-4-20-5-7-21)10-2-1-3-11(8-10)23-14(17,18)19;/h1-3,8,12,20,22H,4-7,9H2;1H/t12-;/m1./s1. The zero-order chi connectivity index (χ0) is 17.1. The summed E-state index contributed by atoms with van der Waals surface area (Å²) in [5, 5.41) is 12.0. The number of hydrogen-bond donors (Lipinski definition) is 2. The Hall–Kier alpha value is -1.16. The molecule has 2 N–H and O–H groups in total. The minimum atomic E-state index is -4.90. The van der Waals surface area contributed by atoms with Crippen LogP contribution in [0.2, 0.25) is 0 Å². The van der Waals surface area contributed by atoms with Gasteiger partial charge in [-0.3, -0.25) is 4.90 Å². The van der Waals surface area contributed by atoms with Crippen LogP contribution in [-0.4, -0.2) is 55.1 Å². The first-order valence-electron chi connectivity index (χ1n) is 7.02. The van der Waals surface area contributed by atoms with Crippen LogP contribution in [0, 0.1) is 0 Å². The number of nitrogens with zero attached hydrogens (tertiary/aromatic N) is 1. The molecule has 1 aromatic carbocycles. The Morgan fingerprint density at radius 1 is 1.17 bits per heavy atom. The molecule has 0 radical (unpaired) electrons. The Morgan fingerprint density at radius 3 is 2.33 bits per heavy atom. The largest absolute Gasteiger partial charge is 0.573 e. The summed E-state index contributed by atoms with van der Waals surface area (Å²) in [5.74, 6) is -4.06. The first-order valence-corrected chi connectivity index (χ1v) is 7.02. The average molecular weight is 377 g/mol. The second kappa shape index (κ2) is 8.28. The molecule has 1 fully saturated rings. The van der Waals surface area contributed by atoms with E-state index in [0.717, 1.165) is 12.1 Å². The van der Waals surface area contributed by atoms with Gasteiger partial charge in [-0.25, -0.2) is 8.78 Å². The third kappa shape index (κ3) is 5.44. The van der Waals surface area contributed by atoms with E-state index in [1.807, 2.05) is 0 Å². The van der Waals surface area contributed by atoms with Gasteiger partial charge in [0.1, 0.15) is 18.4 Å². The van der Waals surface area contributed by atoms with Gasteiger partial charge in [0, 0.05) is 26.2 Å². The topological polar surface area (TPSA) is 44.7 Å². The molecule has 0 bridgehead atoms. The molecular formula is C14H18ClF5N2O2. The highest BCUT2D eigenvalue weighted by molar-refractivity contribution is 5.85. The summed E-state index contributed by atoms with van der Waals surface area (Å²) >= 11 is 0. The van der Waals surface area contributed by atoms with E-state index in [9.17, 15) is 22.0 Å². The quantitative estimate of drug-likeness (QED) is 0.775. The van der Waals surface area contributed by atoms with E-state index in [-0.39, 0.29) is 18.0 Å². The number of aliphatic hydroxyl groups is 1. The Kier molecular flexibility index (Phi) is 7.21. The molecule has 1 aromatic rings. The number of rotatable bonds is 5. The zero-order valence-corrected chi connectivity index (χ0v) is 13.3. The molecule has 0 aliphatic carbocycles. The van der Waals surface area contributed by atoms with Gasteiger partial charge in [-0.15, -0.1) is 25.6 Å². The molecule has 138 valence electrons. The summed E-state index contributed by atoms with van der Waals surface area (Å²) in [7, 11) is 0. The SMILES string of the molecule is Cl.OCC(F)(F)[C@@H](c1cccc(OC(F)(F)F)c1)N1CCNCC1. The van der Waals surface area contributed by atoms with Crippen LogP contribution >= 0.6 is 12.4 Å². The number of aliphatic hydroxyl groups excluding tert-OH is 1. The van der Waals surface area contributed by atoms with Crippen molar-refractivity contribution >= 4 is 12.4 Å². The van der Waals surface area contributed by atoms with E-state index in [1.54, 1.807) is 0 Å². The van der Waals surface area contributed by atoms with Crippen LogP contribution in [0.15, 0.2) is 24.3 Å². The maximum absolute atomic E-state index is 14.2. The van der Waals surface area contributed by atoms with Crippen LogP contribution < -0.4 is 10.1 Å². The molecule has 1 heterocycles. The minimum Gasteiger partial charge on any atom is -0.406 e. The van der Waals surface area contributed by atoms with E-state index in [1.165, 1.54) is 17.0 Å². The molecule has 4 nitrogen and oxygen atoms in total. The number of piperazine rings is 1. The second-order valence-corrected chi connectivity index (χ2v) is 5.23. The lowest BCUT2D eigenvalue weighted by molar-refractivity contribution is -0.274. The number of benzene rings is 1. The molecule has 24 heavy (non-hydrogen) atoms. The monoisotopic (exact) mass is 376 g/mol. The fourth-order valence-corrected chi connectivity index (χ4v) is 2.63. The van der Waals surface area contributed by atoms with Crippen molar-refractivity contribution in [3.8, 4) is 5.75 Å². The third-order valence-corrected chi connectivity index (χ3v) is 3.54. The Morgan fingerprint density at radius 2 is 1.79 bits per heavy atom. The summed E-state index contributed by atoms with van der Waals surface area (Å²) in [6, 6.07) is 2.98. The van der Waals surface area contributed by atoms with Gasteiger partial charge in [-0.1, -0.05) is 12.1 Å². The normalized spacial score (nSPS) is 17.9. The predicted molar refractivity (Wildman–Crippen MR) is 79.6 cm³/mol. The van der Waals surface area contributed by atoms with Gasteiger partial charge in [0.15, 0.2) is 0 Å². The summed E-state index contributed by atoms with van der Waals surface area (Å²) < 4.78 is 69.1. The van der Waals surface area contributed by atoms with Crippen LogP contribution in [0.5, 0.6) is 5.75 Å². The predicted octanol–water partition coefficient (Wildman–Crippen LogP) is 2.58. The molecule has 2 rings (SSSR count). The molecule has 0 unspecified atom stereocenters. The maximum atomic E-state index is 14.2. The van der Waals surface area contributed by atoms with E-state index in [2.05, 4.69) is 10.1 Å². The fourth-order valence-electron chi connectivity index (χ4n) is 2.63. The van der Waals surface area contributed by atoms with Crippen molar-refractivity contribution in [2.45, 2.75) is 18.3 Å². The molecule has 1 aliphatic heterocycles. The lowest BCUT2D eigenvalue weighted by atomic mass is 9.98. The highest BCUT2D eigenvalue weighted by Gasteiger charge is 2.44. The highest BCUT2D eigenvalue weighted by Crippen LogP contribution is 2.38. The Balaban J connectivity index is 0.00000288. The molecule has 0 spiro atoms. The van der Waals surface area contributed by atoms with Gasteiger partial charge in [0.2, 0.25) is 0 Å². The zero-order valence-electron chi connectivity index (χ0n) is 12.5. The summed E-state index contributed by atoms with van der Waals surface area (Å²) in [6.07, 6.45) is -4.90. The summed E-state index contributed by atoms with van der Waals surface area (Å²) in [5.41, 5.74) is -0.0345. The van der Waals surface area contributed by atoms with Crippen molar-refractivity contribution in [2.75, 3.05) is 32.8 Å². The molecule has 10 heteroatoms. The summed E-state index contributed by atoms with van der Waals surface area (Å²) in [4.78, 5) is 1.44. The van der Waals surface area contributed by atoms with Gasteiger partial charge in [0.05, 0.1) is 0 Å². The van der Waals surface area contributed by atoms with Crippen LogP contribution in [0.3, 0.4) is 0 Å². The van der Waals surface area contributed by atoms with E-state index >= 15 is 0 Å². The number of hydrogen-bond acceptors (Lipinski definition) is 4. The Labute approximate surface area is 142 Å². The van der Waals surface area contributed by atoms with Crippen LogP contribution in [0.1, 0.15) is 11.6 Å². The molecule has 1 aliphatic rings. The lowest BCUT2D eigenvalue weighted by Crippen LogP contribution is -2.51. The second-order valence-electron chi connectivity index (χ2n) is 5.23. The Bertz CT molecular complexity index is 524. The van der Waals surface area contributed by atoms with Crippen LogP contribution in [0.4, 0.5) is 22.0 Å². The number of ether oxygens (including phenoxy) is 1. The molecule has 0 amide bonds. The third-order valence-electron chi connectivity index (χ3n) is 3.54. The highest BCUT2D eigenvalue weighted by atomic mass is 35.5. The lowest BCUT2D eigenvalue weighted by Gasteiger charge is -2.38. The number of halogens is 6. The maximum Gasteiger partial charge on any atom is 0.573 e. The molecule has 1 atom stereocenters. The minimum absolute atomic E-state index is 0. The number of nitrogens with one attached hydrogen (secondary N) is 1. The number of alkyl halides is 5. The molecule has 1 saturated heterocycles. The average Bonchev–Trinajstić information content (AvgIpc) is 2.47. The van der Waals surface area contributed by atoms with Gasteiger partial charge in [0.25, 0.3) is 5.92 Å². The van der Waals surface area contributed by atoms with E-state index in [0.29, 0.717) is 26.2 Å². The molecule has 0 saturated carbocycles. The first kappa shape index (κ1) is 20.9. The van der Waals surface area contributed by atoms with Crippen molar-refractivity contribution in [1.82, 2.24) is 10.2 Å². The van der Waals surface area contributed by atoms with Gasteiger partial charge in [-0.05, 0) is 17.7 Å². The van der Waals surface area contributed by atoms with Crippen molar-refractivity contribution < 1.29 is 31.8 Å². The van der Waals surface area contributed by atoms with Crippen molar-refractivity contribution in [3.05, 3.63) is 29.8 Å². The van der Waals surface area contributed by atoms with Crippen molar-refractivity contribution in [3.63, 3.8) is 0 Å². The van der Waals surface area contributed by atoms with Crippen LogP contribution in [-0.2, 0) is 0 Å². The van der Waals surface area contributed by atoms with Gasteiger partial charge < -0.3 is 15.2 Å².